The van der Waals surface area contributed by atoms with Gasteiger partial charge in [-0.25, -0.2) is 0 Å². The molecule has 2 aliphatic rings. The third-order valence-corrected chi connectivity index (χ3v) is 3.42. The van der Waals surface area contributed by atoms with Crippen molar-refractivity contribution in [2.45, 2.75) is 31.5 Å². The Kier molecular flexibility index (Phi) is 2.58. The normalized spacial score (nSPS) is 20.6. The van der Waals surface area contributed by atoms with Crippen LogP contribution in [-0.4, -0.2) is 25.3 Å². The molecule has 1 saturated carbocycles. The van der Waals surface area contributed by atoms with Crippen molar-refractivity contribution in [3.63, 3.8) is 0 Å². The minimum absolute atomic E-state index is 0.594. The van der Waals surface area contributed by atoms with E-state index in [2.05, 4.69) is 29.2 Å². The first kappa shape index (κ1) is 10.1. The molecule has 1 aromatic carbocycles. The summed E-state index contributed by atoms with van der Waals surface area (Å²) < 4.78 is 5.30. The number of nitrogens with two attached hydrogens (primary N) is 1. The molecule has 3 rings (SSSR count). The lowest BCUT2D eigenvalue weighted by Crippen LogP contribution is -2.50. The third kappa shape index (κ3) is 1.81. The van der Waals surface area contributed by atoms with Gasteiger partial charge in [0.05, 0.1) is 19.3 Å². The van der Waals surface area contributed by atoms with E-state index in [1.807, 2.05) is 0 Å². The van der Waals surface area contributed by atoms with Crippen LogP contribution < -0.4 is 10.6 Å². The monoisotopic (exact) mass is 218 g/mol. The van der Waals surface area contributed by atoms with Crippen molar-refractivity contribution in [1.29, 1.82) is 0 Å². The van der Waals surface area contributed by atoms with E-state index >= 15 is 0 Å². The zero-order chi connectivity index (χ0) is 11.0. The molecule has 0 amide bonds. The fourth-order valence-corrected chi connectivity index (χ4v) is 2.26. The molecule has 3 nitrogen and oxygen atoms in total. The van der Waals surface area contributed by atoms with Crippen LogP contribution in [0.4, 0.5) is 5.69 Å². The predicted molar refractivity (Wildman–Crippen MR) is 64.4 cm³/mol. The van der Waals surface area contributed by atoms with Crippen LogP contribution in [-0.2, 0) is 11.3 Å². The van der Waals surface area contributed by atoms with Gasteiger partial charge in [-0.3, -0.25) is 0 Å². The molecule has 0 radical (unpaired) electrons. The highest BCUT2D eigenvalue weighted by Gasteiger charge is 2.37. The second kappa shape index (κ2) is 4.07. The second-order valence-corrected chi connectivity index (χ2v) is 4.70. The number of benzene rings is 1. The lowest BCUT2D eigenvalue weighted by Gasteiger charge is -2.39. The van der Waals surface area contributed by atoms with Gasteiger partial charge in [0.1, 0.15) is 0 Å². The zero-order valence-electron chi connectivity index (χ0n) is 9.43. The van der Waals surface area contributed by atoms with E-state index in [4.69, 9.17) is 10.5 Å². The van der Waals surface area contributed by atoms with E-state index in [1.165, 1.54) is 24.1 Å². The summed E-state index contributed by atoms with van der Waals surface area (Å²) >= 11 is 0. The molecule has 0 spiro atoms. The van der Waals surface area contributed by atoms with Crippen molar-refractivity contribution < 1.29 is 4.74 Å². The first-order valence-corrected chi connectivity index (χ1v) is 6.03. The van der Waals surface area contributed by atoms with Crippen molar-refractivity contribution in [2.75, 3.05) is 18.1 Å². The van der Waals surface area contributed by atoms with Crippen LogP contribution in [0.15, 0.2) is 24.3 Å². The summed E-state index contributed by atoms with van der Waals surface area (Å²) in [6, 6.07) is 9.99. The SMILES string of the molecule is NCc1ccc(N(C2CC2)C2COC2)cc1. The lowest BCUT2D eigenvalue weighted by atomic mass is 10.1. The fourth-order valence-electron chi connectivity index (χ4n) is 2.26. The van der Waals surface area contributed by atoms with Crippen LogP contribution in [0.2, 0.25) is 0 Å². The second-order valence-electron chi connectivity index (χ2n) is 4.70. The largest absolute Gasteiger partial charge is 0.377 e. The number of hydrogen-bond donors (Lipinski definition) is 1. The number of rotatable bonds is 4. The lowest BCUT2D eigenvalue weighted by molar-refractivity contribution is 0.00740. The van der Waals surface area contributed by atoms with E-state index in [1.54, 1.807) is 0 Å². The average molecular weight is 218 g/mol. The molecule has 3 heteroatoms. The number of ether oxygens (including phenoxy) is 1. The fraction of sp³-hybridized carbons (Fsp3) is 0.538. The van der Waals surface area contributed by atoms with Gasteiger partial charge in [0.15, 0.2) is 0 Å². The summed E-state index contributed by atoms with van der Waals surface area (Å²) in [4.78, 5) is 2.53. The molecule has 0 aromatic heterocycles. The molecule has 1 aliphatic carbocycles. The Morgan fingerprint density at radius 1 is 1.12 bits per heavy atom. The first-order valence-electron chi connectivity index (χ1n) is 6.03. The van der Waals surface area contributed by atoms with Crippen LogP contribution in [0.3, 0.4) is 0 Å². The Labute approximate surface area is 96.2 Å². The van der Waals surface area contributed by atoms with Crippen LogP contribution in [0, 0.1) is 0 Å². The van der Waals surface area contributed by atoms with Gasteiger partial charge < -0.3 is 15.4 Å². The first-order chi connectivity index (χ1) is 7.88. The van der Waals surface area contributed by atoms with E-state index in [-0.39, 0.29) is 0 Å². The third-order valence-electron chi connectivity index (χ3n) is 3.42. The van der Waals surface area contributed by atoms with Gasteiger partial charge in [0.2, 0.25) is 0 Å². The molecule has 0 unspecified atom stereocenters. The van der Waals surface area contributed by atoms with Crippen LogP contribution in [0.5, 0.6) is 0 Å². The molecule has 2 N–H and O–H groups in total. The Balaban J connectivity index is 1.80. The minimum atomic E-state index is 0.594. The summed E-state index contributed by atoms with van der Waals surface area (Å²) in [6.45, 7) is 2.39. The van der Waals surface area contributed by atoms with Crippen molar-refractivity contribution in [1.82, 2.24) is 0 Å². The van der Waals surface area contributed by atoms with Crippen molar-refractivity contribution in [3.05, 3.63) is 29.8 Å². The van der Waals surface area contributed by atoms with E-state index in [0.717, 1.165) is 19.3 Å². The quantitative estimate of drug-likeness (QED) is 0.832. The molecule has 86 valence electrons. The highest BCUT2D eigenvalue weighted by Crippen LogP contribution is 2.35. The highest BCUT2D eigenvalue weighted by molar-refractivity contribution is 5.51. The smallest absolute Gasteiger partial charge is 0.0760 e. The van der Waals surface area contributed by atoms with Crippen LogP contribution >= 0.6 is 0 Å². The molecule has 1 aromatic rings. The highest BCUT2D eigenvalue weighted by atomic mass is 16.5. The maximum Gasteiger partial charge on any atom is 0.0760 e. The van der Waals surface area contributed by atoms with Gasteiger partial charge in [-0.05, 0) is 30.5 Å². The Morgan fingerprint density at radius 3 is 2.25 bits per heavy atom. The topological polar surface area (TPSA) is 38.5 Å². The molecule has 16 heavy (non-hydrogen) atoms. The number of hydrogen-bond acceptors (Lipinski definition) is 3. The van der Waals surface area contributed by atoms with Crippen LogP contribution in [0.1, 0.15) is 18.4 Å². The van der Waals surface area contributed by atoms with Gasteiger partial charge in [-0.15, -0.1) is 0 Å². The summed E-state index contributed by atoms with van der Waals surface area (Å²) in [7, 11) is 0. The zero-order valence-corrected chi connectivity index (χ0v) is 9.43. The summed E-state index contributed by atoms with van der Waals surface area (Å²) in [5, 5.41) is 0. The maximum absolute atomic E-state index is 5.61. The van der Waals surface area contributed by atoms with Gasteiger partial charge in [-0.1, -0.05) is 12.1 Å². The van der Waals surface area contributed by atoms with Crippen molar-refractivity contribution >= 4 is 5.69 Å². The Morgan fingerprint density at radius 2 is 1.81 bits per heavy atom. The van der Waals surface area contributed by atoms with E-state index in [0.29, 0.717) is 12.6 Å². The molecule has 1 heterocycles. The Hall–Kier alpha value is -1.06. The Bertz CT molecular complexity index is 355. The predicted octanol–water partition coefficient (Wildman–Crippen LogP) is 1.51. The molecular weight excluding hydrogens is 200 g/mol. The summed E-state index contributed by atoms with van der Waals surface area (Å²) in [6.07, 6.45) is 2.66. The van der Waals surface area contributed by atoms with Gasteiger partial charge in [0, 0.05) is 18.3 Å². The molecule has 1 aliphatic heterocycles. The summed E-state index contributed by atoms with van der Waals surface area (Å²) in [5.74, 6) is 0. The van der Waals surface area contributed by atoms with Crippen molar-refractivity contribution in [2.24, 2.45) is 5.73 Å². The number of nitrogens with zero attached hydrogens (tertiary/aromatic N) is 1. The molecule has 2 fully saturated rings. The molecule has 1 saturated heterocycles. The van der Waals surface area contributed by atoms with Crippen LogP contribution in [0.25, 0.3) is 0 Å². The van der Waals surface area contributed by atoms with Gasteiger partial charge in [-0.2, -0.15) is 0 Å². The molecule has 0 bridgehead atoms. The van der Waals surface area contributed by atoms with E-state index < -0.39 is 0 Å². The summed E-state index contributed by atoms with van der Waals surface area (Å²) in [5.41, 5.74) is 8.14. The molecule has 0 atom stereocenters. The number of anilines is 1. The standard InChI is InChI=1S/C13H18N2O/c14-7-10-1-3-11(4-2-10)15(12-5-6-12)13-8-16-9-13/h1-4,12-13H,5-9,14H2. The minimum Gasteiger partial charge on any atom is -0.377 e. The van der Waals surface area contributed by atoms with E-state index in [9.17, 15) is 0 Å². The van der Waals surface area contributed by atoms with Gasteiger partial charge in [0.25, 0.3) is 0 Å². The maximum atomic E-state index is 5.61. The van der Waals surface area contributed by atoms with Crippen molar-refractivity contribution in [3.8, 4) is 0 Å². The molecular formula is C13H18N2O. The van der Waals surface area contributed by atoms with Gasteiger partial charge >= 0.3 is 0 Å². The average Bonchev–Trinajstić information content (AvgIpc) is 3.07.